The third kappa shape index (κ3) is 1.47. The summed E-state index contributed by atoms with van der Waals surface area (Å²) in [7, 11) is 0. The Labute approximate surface area is 103 Å². The second kappa shape index (κ2) is 4.00. The van der Waals surface area contributed by atoms with E-state index in [0.717, 1.165) is 17.2 Å². The molecule has 0 aliphatic carbocycles. The lowest BCUT2D eigenvalue weighted by molar-refractivity contribution is 0.112. The van der Waals surface area contributed by atoms with Crippen LogP contribution < -0.4 is 0 Å². The summed E-state index contributed by atoms with van der Waals surface area (Å²) >= 11 is 0. The van der Waals surface area contributed by atoms with Crippen LogP contribution in [0.5, 0.6) is 5.75 Å². The Bertz CT molecular complexity index is 731. The van der Waals surface area contributed by atoms with Crippen LogP contribution in [0.15, 0.2) is 42.5 Å². The Morgan fingerprint density at radius 1 is 1.11 bits per heavy atom. The van der Waals surface area contributed by atoms with Crippen LogP contribution in [0, 0.1) is 0 Å². The number of aldehydes is 1. The number of hydrogen-bond acceptors (Lipinski definition) is 3. The summed E-state index contributed by atoms with van der Waals surface area (Å²) in [6.45, 7) is 0. The van der Waals surface area contributed by atoms with Crippen molar-refractivity contribution < 1.29 is 9.90 Å². The highest BCUT2D eigenvalue weighted by molar-refractivity contribution is 6.04. The topological polar surface area (TPSA) is 66.0 Å². The highest BCUT2D eigenvalue weighted by Gasteiger charge is 2.14. The van der Waals surface area contributed by atoms with Crippen LogP contribution in [0.25, 0.3) is 22.2 Å². The van der Waals surface area contributed by atoms with Gasteiger partial charge in [-0.15, -0.1) is 0 Å². The number of H-pyrrole nitrogens is 1. The number of aromatic amines is 1. The number of hydrogen-bond donors (Lipinski definition) is 2. The maximum Gasteiger partial charge on any atom is 0.150 e. The highest BCUT2D eigenvalue weighted by Crippen LogP contribution is 2.33. The SMILES string of the molecule is O=Cc1cccc2[nH]nc(-c3ccccc3O)c12. The van der Waals surface area contributed by atoms with Gasteiger partial charge in [-0.05, 0) is 18.2 Å². The van der Waals surface area contributed by atoms with Crippen LogP contribution in [0.4, 0.5) is 0 Å². The van der Waals surface area contributed by atoms with Gasteiger partial charge in [0.25, 0.3) is 0 Å². The number of para-hydroxylation sites is 1. The molecule has 0 saturated carbocycles. The number of rotatable bonds is 2. The molecule has 0 saturated heterocycles. The average Bonchev–Trinajstić information content (AvgIpc) is 2.83. The van der Waals surface area contributed by atoms with E-state index in [4.69, 9.17) is 0 Å². The van der Waals surface area contributed by atoms with E-state index in [0.29, 0.717) is 16.8 Å². The van der Waals surface area contributed by atoms with E-state index in [9.17, 15) is 9.90 Å². The molecule has 0 aliphatic heterocycles. The number of carbonyl (C=O) groups excluding carboxylic acids is 1. The third-order valence-electron chi connectivity index (χ3n) is 2.91. The number of benzene rings is 2. The van der Waals surface area contributed by atoms with Gasteiger partial charge in [-0.1, -0.05) is 24.3 Å². The summed E-state index contributed by atoms with van der Waals surface area (Å²) < 4.78 is 0. The van der Waals surface area contributed by atoms with Crippen molar-refractivity contribution in [2.75, 3.05) is 0 Å². The van der Waals surface area contributed by atoms with Crippen LogP contribution in [0.2, 0.25) is 0 Å². The molecule has 4 heteroatoms. The maximum atomic E-state index is 11.1. The van der Waals surface area contributed by atoms with Crippen LogP contribution in [0.3, 0.4) is 0 Å². The van der Waals surface area contributed by atoms with Gasteiger partial charge in [-0.25, -0.2) is 0 Å². The summed E-state index contributed by atoms with van der Waals surface area (Å²) in [5.74, 6) is 0.145. The van der Waals surface area contributed by atoms with Crippen LogP contribution in [-0.2, 0) is 0 Å². The molecular formula is C14H10N2O2. The number of carbonyl (C=O) groups is 1. The van der Waals surface area contributed by atoms with E-state index < -0.39 is 0 Å². The van der Waals surface area contributed by atoms with Crippen molar-refractivity contribution in [1.82, 2.24) is 10.2 Å². The van der Waals surface area contributed by atoms with Crippen LogP contribution in [0.1, 0.15) is 10.4 Å². The summed E-state index contributed by atoms with van der Waals surface area (Å²) in [5, 5.41) is 17.7. The predicted molar refractivity (Wildman–Crippen MR) is 68.6 cm³/mol. The molecule has 3 rings (SSSR count). The second-order valence-corrected chi connectivity index (χ2v) is 3.98. The lowest BCUT2D eigenvalue weighted by Crippen LogP contribution is -1.84. The number of aromatic hydroxyl groups is 1. The molecule has 2 aromatic carbocycles. The molecule has 0 radical (unpaired) electrons. The Balaban J connectivity index is 2.37. The van der Waals surface area contributed by atoms with Gasteiger partial charge >= 0.3 is 0 Å². The van der Waals surface area contributed by atoms with E-state index in [1.165, 1.54) is 0 Å². The van der Waals surface area contributed by atoms with Crippen molar-refractivity contribution in [3.63, 3.8) is 0 Å². The molecule has 18 heavy (non-hydrogen) atoms. The first-order chi connectivity index (χ1) is 8.81. The van der Waals surface area contributed by atoms with Crippen molar-refractivity contribution in [3.05, 3.63) is 48.0 Å². The second-order valence-electron chi connectivity index (χ2n) is 3.98. The zero-order valence-electron chi connectivity index (χ0n) is 9.42. The molecule has 0 amide bonds. The quantitative estimate of drug-likeness (QED) is 0.674. The van der Waals surface area contributed by atoms with E-state index in [1.807, 2.05) is 12.1 Å². The van der Waals surface area contributed by atoms with Crippen molar-refractivity contribution in [2.24, 2.45) is 0 Å². The van der Waals surface area contributed by atoms with Gasteiger partial charge in [-0.3, -0.25) is 9.89 Å². The largest absolute Gasteiger partial charge is 0.507 e. The lowest BCUT2D eigenvalue weighted by Gasteiger charge is -2.02. The van der Waals surface area contributed by atoms with E-state index in [1.54, 1.807) is 30.3 Å². The van der Waals surface area contributed by atoms with Gasteiger partial charge in [0, 0.05) is 16.5 Å². The number of phenols is 1. The molecule has 1 aromatic heterocycles. The summed E-state index contributed by atoms with van der Waals surface area (Å²) in [6.07, 6.45) is 0.793. The van der Waals surface area contributed by atoms with Crippen LogP contribution in [-0.4, -0.2) is 21.6 Å². The fourth-order valence-corrected chi connectivity index (χ4v) is 2.07. The monoisotopic (exact) mass is 238 g/mol. The summed E-state index contributed by atoms with van der Waals surface area (Å²) in [5.41, 5.74) is 2.53. The average molecular weight is 238 g/mol. The third-order valence-corrected chi connectivity index (χ3v) is 2.91. The normalized spacial score (nSPS) is 10.7. The van der Waals surface area contributed by atoms with Gasteiger partial charge in [0.2, 0.25) is 0 Å². The Morgan fingerprint density at radius 2 is 1.94 bits per heavy atom. The minimum Gasteiger partial charge on any atom is -0.507 e. The van der Waals surface area contributed by atoms with E-state index in [-0.39, 0.29) is 5.75 Å². The molecule has 3 aromatic rings. The number of phenolic OH excluding ortho intramolecular Hbond substituents is 1. The first kappa shape index (κ1) is 10.5. The first-order valence-corrected chi connectivity index (χ1v) is 5.52. The molecule has 0 spiro atoms. The Kier molecular flexibility index (Phi) is 2.34. The fourth-order valence-electron chi connectivity index (χ4n) is 2.07. The van der Waals surface area contributed by atoms with Crippen molar-refractivity contribution in [3.8, 4) is 17.0 Å². The molecule has 0 unspecified atom stereocenters. The molecule has 0 bridgehead atoms. The molecule has 2 N–H and O–H groups in total. The van der Waals surface area contributed by atoms with Crippen molar-refractivity contribution in [1.29, 1.82) is 0 Å². The zero-order valence-corrected chi connectivity index (χ0v) is 9.42. The minimum absolute atomic E-state index is 0.145. The van der Waals surface area contributed by atoms with Crippen molar-refractivity contribution >= 4 is 17.2 Å². The van der Waals surface area contributed by atoms with Gasteiger partial charge < -0.3 is 5.11 Å². The number of nitrogens with one attached hydrogen (secondary N) is 1. The molecule has 1 heterocycles. The number of nitrogens with zero attached hydrogens (tertiary/aromatic N) is 1. The standard InChI is InChI=1S/C14H10N2O2/c17-8-9-4-3-6-11-13(9)14(16-15-11)10-5-1-2-7-12(10)18/h1-8,18H,(H,15,16). The molecule has 0 aliphatic rings. The van der Waals surface area contributed by atoms with E-state index >= 15 is 0 Å². The summed E-state index contributed by atoms with van der Waals surface area (Å²) in [4.78, 5) is 11.1. The fraction of sp³-hybridized carbons (Fsp3) is 0. The van der Waals surface area contributed by atoms with Crippen LogP contribution >= 0.6 is 0 Å². The molecule has 0 atom stereocenters. The van der Waals surface area contributed by atoms with Crippen molar-refractivity contribution in [2.45, 2.75) is 0 Å². The highest BCUT2D eigenvalue weighted by atomic mass is 16.3. The molecule has 88 valence electrons. The smallest absolute Gasteiger partial charge is 0.150 e. The Morgan fingerprint density at radius 3 is 2.72 bits per heavy atom. The molecular weight excluding hydrogens is 228 g/mol. The van der Waals surface area contributed by atoms with Gasteiger partial charge in [-0.2, -0.15) is 5.10 Å². The molecule has 4 nitrogen and oxygen atoms in total. The lowest BCUT2D eigenvalue weighted by atomic mass is 10.0. The maximum absolute atomic E-state index is 11.1. The number of fused-ring (bicyclic) bond motifs is 1. The first-order valence-electron chi connectivity index (χ1n) is 5.52. The van der Waals surface area contributed by atoms with Gasteiger partial charge in [0.15, 0.2) is 6.29 Å². The Hall–Kier alpha value is -2.62. The number of aromatic nitrogens is 2. The molecule has 0 fully saturated rings. The minimum atomic E-state index is 0.145. The predicted octanol–water partition coefficient (Wildman–Crippen LogP) is 2.75. The van der Waals surface area contributed by atoms with E-state index in [2.05, 4.69) is 10.2 Å². The summed E-state index contributed by atoms with van der Waals surface area (Å²) in [6, 6.07) is 12.3. The zero-order chi connectivity index (χ0) is 12.5. The van der Waals surface area contributed by atoms with Gasteiger partial charge in [0.1, 0.15) is 11.4 Å². The van der Waals surface area contributed by atoms with Gasteiger partial charge in [0.05, 0.1) is 5.52 Å².